The standard InChI is InChI=1S/C19H28/c1-6-9-17-14(5)15(7-2)18-11-10-13(4)12-19(18)16(17)8-3/h6,8,15-19H,1,3-5,7,9-12H2,2H3/t15-,16+,17-,18?,19+/m1/s1. The van der Waals surface area contributed by atoms with Crippen molar-refractivity contribution in [1.29, 1.82) is 0 Å². The van der Waals surface area contributed by atoms with E-state index < -0.39 is 0 Å². The van der Waals surface area contributed by atoms with Crippen LogP contribution < -0.4 is 0 Å². The molecule has 0 amide bonds. The fourth-order valence-corrected chi connectivity index (χ4v) is 4.58. The Labute approximate surface area is 119 Å². The Morgan fingerprint density at radius 3 is 2.47 bits per heavy atom. The number of rotatable bonds is 4. The van der Waals surface area contributed by atoms with Gasteiger partial charge < -0.3 is 0 Å². The summed E-state index contributed by atoms with van der Waals surface area (Å²) < 4.78 is 0. The first-order valence-corrected chi connectivity index (χ1v) is 7.72. The van der Waals surface area contributed by atoms with Crippen molar-refractivity contribution < 1.29 is 0 Å². The minimum atomic E-state index is 0.548. The average Bonchev–Trinajstić information content (AvgIpc) is 2.40. The third-order valence-electron chi connectivity index (χ3n) is 5.47. The van der Waals surface area contributed by atoms with Crippen LogP contribution in [-0.4, -0.2) is 0 Å². The summed E-state index contributed by atoms with van der Waals surface area (Å²) in [6, 6.07) is 0. The molecule has 19 heavy (non-hydrogen) atoms. The molecule has 0 N–H and O–H groups in total. The zero-order valence-electron chi connectivity index (χ0n) is 12.4. The van der Waals surface area contributed by atoms with Gasteiger partial charge in [-0.05, 0) is 61.7 Å². The number of hydrogen-bond donors (Lipinski definition) is 0. The minimum Gasteiger partial charge on any atom is -0.103 e. The van der Waals surface area contributed by atoms with Crippen molar-refractivity contribution in [3.05, 3.63) is 49.6 Å². The van der Waals surface area contributed by atoms with E-state index in [-0.39, 0.29) is 0 Å². The molecule has 0 aliphatic heterocycles. The summed E-state index contributed by atoms with van der Waals surface area (Å²) in [5.74, 6) is 3.34. The Hall–Kier alpha value is -1.04. The second-order valence-electron chi connectivity index (χ2n) is 6.35. The lowest BCUT2D eigenvalue weighted by atomic mass is 9.54. The molecular formula is C19H28. The zero-order valence-corrected chi connectivity index (χ0v) is 12.4. The first-order chi connectivity index (χ1) is 9.13. The molecule has 2 saturated carbocycles. The van der Waals surface area contributed by atoms with Gasteiger partial charge in [0.1, 0.15) is 0 Å². The molecular weight excluding hydrogens is 228 g/mol. The van der Waals surface area contributed by atoms with E-state index in [1.165, 1.54) is 36.8 Å². The van der Waals surface area contributed by atoms with E-state index in [0.29, 0.717) is 17.8 Å². The van der Waals surface area contributed by atoms with Gasteiger partial charge in [0.15, 0.2) is 0 Å². The highest BCUT2D eigenvalue weighted by atomic mass is 14.5. The van der Waals surface area contributed by atoms with Crippen LogP contribution in [0.15, 0.2) is 49.6 Å². The average molecular weight is 256 g/mol. The van der Waals surface area contributed by atoms with E-state index in [9.17, 15) is 0 Å². The molecule has 0 aromatic carbocycles. The topological polar surface area (TPSA) is 0 Å². The number of fused-ring (bicyclic) bond motifs is 1. The van der Waals surface area contributed by atoms with Crippen LogP contribution in [0, 0.1) is 29.6 Å². The lowest BCUT2D eigenvalue weighted by molar-refractivity contribution is 0.0909. The summed E-state index contributed by atoms with van der Waals surface area (Å²) >= 11 is 0. The summed E-state index contributed by atoms with van der Waals surface area (Å²) in [4.78, 5) is 0. The van der Waals surface area contributed by atoms with Crippen LogP contribution in [0.1, 0.15) is 39.0 Å². The fourth-order valence-electron chi connectivity index (χ4n) is 4.58. The summed E-state index contributed by atoms with van der Waals surface area (Å²) in [7, 11) is 0. The Balaban J connectivity index is 2.33. The summed E-state index contributed by atoms with van der Waals surface area (Å²) in [5, 5.41) is 0. The van der Waals surface area contributed by atoms with Gasteiger partial charge in [0, 0.05) is 0 Å². The third-order valence-corrected chi connectivity index (χ3v) is 5.47. The van der Waals surface area contributed by atoms with Gasteiger partial charge >= 0.3 is 0 Å². The summed E-state index contributed by atoms with van der Waals surface area (Å²) in [6.45, 7) is 19.1. The molecule has 0 heterocycles. The SMILES string of the molecule is C=CC[C@@H]1C(=C)[C@@H](CC)C2CCC(=C)C[C@H]2[C@H]1C=C. The van der Waals surface area contributed by atoms with E-state index in [1.807, 2.05) is 0 Å². The molecule has 1 unspecified atom stereocenters. The maximum Gasteiger partial charge on any atom is -0.0103 e. The summed E-state index contributed by atoms with van der Waals surface area (Å²) in [6.07, 6.45) is 10.2. The lowest BCUT2D eigenvalue weighted by Crippen LogP contribution is -2.42. The molecule has 0 radical (unpaired) electrons. The van der Waals surface area contributed by atoms with E-state index >= 15 is 0 Å². The maximum absolute atomic E-state index is 4.46. The molecule has 0 heteroatoms. The molecule has 0 spiro atoms. The van der Waals surface area contributed by atoms with Crippen LogP contribution in [0.5, 0.6) is 0 Å². The molecule has 2 aliphatic carbocycles. The largest absolute Gasteiger partial charge is 0.103 e. The van der Waals surface area contributed by atoms with Gasteiger partial charge in [-0.2, -0.15) is 0 Å². The highest BCUT2D eigenvalue weighted by molar-refractivity contribution is 5.21. The minimum absolute atomic E-state index is 0.548. The molecule has 2 fully saturated rings. The normalized spacial score (nSPS) is 38.7. The van der Waals surface area contributed by atoms with Crippen LogP contribution in [-0.2, 0) is 0 Å². The molecule has 0 aromatic heterocycles. The van der Waals surface area contributed by atoms with Crippen molar-refractivity contribution in [2.45, 2.75) is 39.0 Å². The Morgan fingerprint density at radius 1 is 1.16 bits per heavy atom. The van der Waals surface area contributed by atoms with E-state index in [4.69, 9.17) is 0 Å². The van der Waals surface area contributed by atoms with Gasteiger partial charge in [-0.3, -0.25) is 0 Å². The van der Waals surface area contributed by atoms with Crippen molar-refractivity contribution in [2.24, 2.45) is 29.6 Å². The zero-order chi connectivity index (χ0) is 14.0. The quantitative estimate of drug-likeness (QED) is 0.578. The molecule has 2 aliphatic rings. The molecule has 0 bridgehead atoms. The van der Waals surface area contributed by atoms with Gasteiger partial charge in [0.2, 0.25) is 0 Å². The van der Waals surface area contributed by atoms with Crippen molar-refractivity contribution in [3.63, 3.8) is 0 Å². The highest BCUT2D eigenvalue weighted by Gasteiger charge is 2.45. The number of allylic oxidation sites excluding steroid dienone is 4. The van der Waals surface area contributed by atoms with E-state index in [1.54, 1.807) is 0 Å². The molecule has 0 aromatic rings. The van der Waals surface area contributed by atoms with Crippen LogP contribution in [0.2, 0.25) is 0 Å². The van der Waals surface area contributed by atoms with Gasteiger partial charge in [-0.25, -0.2) is 0 Å². The molecule has 5 atom stereocenters. The highest BCUT2D eigenvalue weighted by Crippen LogP contribution is 2.54. The van der Waals surface area contributed by atoms with Gasteiger partial charge in [0.25, 0.3) is 0 Å². The van der Waals surface area contributed by atoms with Crippen molar-refractivity contribution in [3.8, 4) is 0 Å². The van der Waals surface area contributed by atoms with Gasteiger partial charge in [-0.15, -0.1) is 13.2 Å². The summed E-state index contributed by atoms with van der Waals surface area (Å²) in [5.41, 5.74) is 2.90. The second-order valence-corrected chi connectivity index (χ2v) is 6.35. The van der Waals surface area contributed by atoms with Crippen LogP contribution >= 0.6 is 0 Å². The lowest BCUT2D eigenvalue weighted by Gasteiger charge is -2.50. The smallest absolute Gasteiger partial charge is 0.0103 e. The van der Waals surface area contributed by atoms with E-state index in [0.717, 1.165) is 18.3 Å². The predicted molar refractivity (Wildman–Crippen MR) is 84.9 cm³/mol. The first kappa shape index (κ1) is 14.4. The fraction of sp³-hybridized carbons (Fsp3) is 0.579. The molecule has 104 valence electrons. The van der Waals surface area contributed by atoms with Gasteiger partial charge in [0.05, 0.1) is 0 Å². The molecule has 0 saturated heterocycles. The molecule has 2 rings (SSSR count). The third kappa shape index (κ3) is 2.50. The van der Waals surface area contributed by atoms with Crippen LogP contribution in [0.3, 0.4) is 0 Å². The predicted octanol–water partition coefficient (Wildman–Crippen LogP) is 5.55. The van der Waals surface area contributed by atoms with Crippen molar-refractivity contribution in [1.82, 2.24) is 0 Å². The van der Waals surface area contributed by atoms with Crippen LogP contribution in [0.4, 0.5) is 0 Å². The monoisotopic (exact) mass is 256 g/mol. The maximum atomic E-state index is 4.46. The van der Waals surface area contributed by atoms with Gasteiger partial charge in [-0.1, -0.05) is 43.4 Å². The number of hydrogen-bond acceptors (Lipinski definition) is 0. The van der Waals surface area contributed by atoms with Crippen molar-refractivity contribution in [2.75, 3.05) is 0 Å². The Kier molecular flexibility index (Phi) is 4.50. The molecule has 0 nitrogen and oxygen atoms in total. The van der Waals surface area contributed by atoms with Crippen LogP contribution in [0.25, 0.3) is 0 Å². The second kappa shape index (κ2) is 5.94. The Bertz CT molecular complexity index is 387. The van der Waals surface area contributed by atoms with E-state index in [2.05, 4.69) is 45.4 Å². The first-order valence-electron chi connectivity index (χ1n) is 7.72. The Morgan fingerprint density at radius 2 is 1.89 bits per heavy atom. The van der Waals surface area contributed by atoms with Crippen molar-refractivity contribution >= 4 is 0 Å².